The number of carbonyl (C=O) groups is 3. The van der Waals surface area contributed by atoms with Crippen molar-refractivity contribution in [1.29, 1.82) is 0 Å². The second kappa shape index (κ2) is 8.07. The number of methoxy groups -OCH3 is 1. The van der Waals surface area contributed by atoms with Crippen molar-refractivity contribution in [2.75, 3.05) is 20.2 Å². The lowest BCUT2D eigenvalue weighted by Gasteiger charge is -2.33. The number of ether oxygens (including phenoxy) is 1. The highest BCUT2D eigenvalue weighted by Gasteiger charge is 2.42. The molecule has 28 heavy (non-hydrogen) atoms. The lowest BCUT2D eigenvalue weighted by Crippen LogP contribution is -2.39. The predicted molar refractivity (Wildman–Crippen MR) is 102 cm³/mol. The number of nitrogens with one attached hydrogen (secondary N) is 1. The third kappa shape index (κ3) is 4.14. The standard InChI is InChI=1S/C20H24ClFN2O4/c1-20(11-16(25)23-19(20)27)6-3-17(26)24-7-4-12(5-8-24)13-9-14(22)18(21)15(10-13)28-2/h9-10,12H,3-8,11H2,1-2H3,(H,23,25,27)/t20-/m0/s1. The third-order valence-corrected chi connectivity index (χ3v) is 6.17. The number of amides is 3. The maximum Gasteiger partial charge on any atom is 0.233 e. The number of benzene rings is 1. The van der Waals surface area contributed by atoms with Crippen molar-refractivity contribution >= 4 is 29.3 Å². The first kappa shape index (κ1) is 20.6. The Bertz CT molecular complexity index is 808. The molecule has 0 unspecified atom stereocenters. The summed E-state index contributed by atoms with van der Waals surface area (Å²) in [4.78, 5) is 37.6. The van der Waals surface area contributed by atoms with Crippen LogP contribution in [0.5, 0.6) is 5.75 Å². The molecule has 6 nitrogen and oxygen atoms in total. The zero-order chi connectivity index (χ0) is 20.5. The van der Waals surface area contributed by atoms with Gasteiger partial charge in [-0.1, -0.05) is 18.5 Å². The molecule has 0 aromatic heterocycles. The van der Waals surface area contributed by atoms with E-state index in [9.17, 15) is 18.8 Å². The van der Waals surface area contributed by atoms with Crippen LogP contribution in [0.1, 0.15) is 50.5 Å². The number of hydrogen-bond acceptors (Lipinski definition) is 4. The Kier molecular flexibility index (Phi) is 5.93. The van der Waals surface area contributed by atoms with E-state index in [1.807, 2.05) is 0 Å². The van der Waals surface area contributed by atoms with Crippen molar-refractivity contribution in [3.8, 4) is 5.75 Å². The van der Waals surface area contributed by atoms with Gasteiger partial charge in [-0.3, -0.25) is 19.7 Å². The second-order valence-electron chi connectivity index (χ2n) is 7.79. The zero-order valence-electron chi connectivity index (χ0n) is 16.0. The van der Waals surface area contributed by atoms with E-state index in [1.165, 1.54) is 13.2 Å². The lowest BCUT2D eigenvalue weighted by molar-refractivity contribution is -0.133. The average molecular weight is 411 g/mol. The fourth-order valence-electron chi connectivity index (χ4n) is 3.93. The Morgan fingerprint density at radius 1 is 1.36 bits per heavy atom. The minimum absolute atomic E-state index is 0.0216. The fourth-order valence-corrected chi connectivity index (χ4v) is 4.12. The first-order valence-electron chi connectivity index (χ1n) is 9.38. The minimum atomic E-state index is -0.803. The van der Waals surface area contributed by atoms with Gasteiger partial charge in [0.25, 0.3) is 0 Å². The first-order chi connectivity index (χ1) is 13.2. The molecule has 1 aromatic rings. The van der Waals surface area contributed by atoms with Gasteiger partial charge >= 0.3 is 0 Å². The molecular formula is C20H24ClFN2O4. The smallest absolute Gasteiger partial charge is 0.233 e. The molecule has 3 amide bonds. The highest BCUT2D eigenvalue weighted by molar-refractivity contribution is 6.32. The molecule has 0 radical (unpaired) electrons. The zero-order valence-corrected chi connectivity index (χ0v) is 16.8. The van der Waals surface area contributed by atoms with Crippen molar-refractivity contribution in [3.05, 3.63) is 28.5 Å². The van der Waals surface area contributed by atoms with E-state index < -0.39 is 11.2 Å². The van der Waals surface area contributed by atoms with Gasteiger partial charge in [-0.25, -0.2) is 4.39 Å². The Balaban J connectivity index is 1.55. The summed E-state index contributed by atoms with van der Waals surface area (Å²) >= 11 is 5.89. The lowest BCUT2D eigenvalue weighted by atomic mass is 9.83. The molecule has 152 valence electrons. The summed E-state index contributed by atoms with van der Waals surface area (Å²) in [7, 11) is 1.45. The molecule has 2 fully saturated rings. The topological polar surface area (TPSA) is 75.7 Å². The Labute approximate surface area is 168 Å². The molecule has 2 aliphatic heterocycles. The molecule has 3 rings (SSSR count). The summed E-state index contributed by atoms with van der Waals surface area (Å²) in [6.07, 6.45) is 2.14. The average Bonchev–Trinajstić information content (AvgIpc) is 2.94. The van der Waals surface area contributed by atoms with Crippen LogP contribution < -0.4 is 10.1 Å². The van der Waals surface area contributed by atoms with E-state index in [-0.39, 0.29) is 41.5 Å². The van der Waals surface area contributed by atoms with Crippen molar-refractivity contribution < 1.29 is 23.5 Å². The predicted octanol–water partition coefficient (Wildman–Crippen LogP) is 3.03. The molecule has 0 saturated carbocycles. The normalized spacial score (nSPS) is 23.1. The second-order valence-corrected chi connectivity index (χ2v) is 8.17. The monoisotopic (exact) mass is 410 g/mol. The molecule has 2 heterocycles. The van der Waals surface area contributed by atoms with E-state index in [1.54, 1.807) is 17.9 Å². The van der Waals surface area contributed by atoms with Crippen LogP contribution in [0, 0.1) is 11.2 Å². The van der Waals surface area contributed by atoms with Crippen LogP contribution in [0.4, 0.5) is 4.39 Å². The number of nitrogens with zero attached hydrogens (tertiary/aromatic N) is 1. The van der Waals surface area contributed by atoms with Gasteiger partial charge < -0.3 is 9.64 Å². The molecule has 0 spiro atoms. The van der Waals surface area contributed by atoms with Crippen molar-refractivity contribution in [2.45, 2.75) is 44.9 Å². The van der Waals surface area contributed by atoms with Crippen molar-refractivity contribution in [3.63, 3.8) is 0 Å². The molecule has 1 atom stereocenters. The Hall–Kier alpha value is -2.15. The Morgan fingerprint density at radius 3 is 2.61 bits per heavy atom. The maximum absolute atomic E-state index is 14.0. The summed E-state index contributed by atoms with van der Waals surface area (Å²) < 4.78 is 19.1. The number of likely N-dealkylation sites (tertiary alicyclic amines) is 1. The van der Waals surface area contributed by atoms with Gasteiger partial charge in [0.05, 0.1) is 12.5 Å². The number of halogens is 2. The summed E-state index contributed by atoms with van der Waals surface area (Å²) in [6, 6.07) is 3.19. The number of imide groups is 1. The van der Waals surface area contributed by atoms with E-state index in [0.29, 0.717) is 38.1 Å². The molecule has 1 N–H and O–H groups in total. The molecule has 8 heteroatoms. The number of rotatable bonds is 5. The van der Waals surface area contributed by atoms with Crippen LogP contribution in [0.3, 0.4) is 0 Å². The highest BCUT2D eigenvalue weighted by Crippen LogP contribution is 2.36. The minimum Gasteiger partial charge on any atom is -0.495 e. The summed E-state index contributed by atoms with van der Waals surface area (Å²) in [5, 5.41) is 2.27. The van der Waals surface area contributed by atoms with Gasteiger partial charge in [-0.2, -0.15) is 0 Å². The van der Waals surface area contributed by atoms with Crippen LogP contribution in [-0.4, -0.2) is 42.8 Å². The van der Waals surface area contributed by atoms with Crippen LogP contribution in [-0.2, 0) is 14.4 Å². The fraction of sp³-hybridized carbons (Fsp3) is 0.550. The van der Waals surface area contributed by atoms with E-state index in [2.05, 4.69) is 5.32 Å². The summed E-state index contributed by atoms with van der Waals surface area (Å²) in [5.74, 6) is -0.679. The van der Waals surface area contributed by atoms with Gasteiger partial charge in [0, 0.05) is 25.9 Å². The van der Waals surface area contributed by atoms with Crippen LogP contribution in [0.25, 0.3) is 0 Å². The van der Waals surface area contributed by atoms with Gasteiger partial charge in [0.15, 0.2) is 0 Å². The highest BCUT2D eigenvalue weighted by atomic mass is 35.5. The van der Waals surface area contributed by atoms with E-state index in [4.69, 9.17) is 16.3 Å². The van der Waals surface area contributed by atoms with Crippen LogP contribution in [0.15, 0.2) is 12.1 Å². The third-order valence-electron chi connectivity index (χ3n) is 5.80. The maximum atomic E-state index is 14.0. The first-order valence-corrected chi connectivity index (χ1v) is 9.76. The molecule has 2 saturated heterocycles. The van der Waals surface area contributed by atoms with Crippen molar-refractivity contribution in [2.24, 2.45) is 5.41 Å². The number of carbonyl (C=O) groups excluding carboxylic acids is 3. The quantitative estimate of drug-likeness (QED) is 0.757. The van der Waals surface area contributed by atoms with Crippen molar-refractivity contribution in [1.82, 2.24) is 10.2 Å². The van der Waals surface area contributed by atoms with Gasteiger partial charge in [0.1, 0.15) is 16.6 Å². The molecular weight excluding hydrogens is 387 g/mol. The Morgan fingerprint density at radius 2 is 2.04 bits per heavy atom. The largest absolute Gasteiger partial charge is 0.495 e. The van der Waals surface area contributed by atoms with Gasteiger partial charge in [-0.05, 0) is 42.9 Å². The van der Waals surface area contributed by atoms with E-state index in [0.717, 1.165) is 5.56 Å². The van der Waals surface area contributed by atoms with Gasteiger partial charge in [-0.15, -0.1) is 0 Å². The SMILES string of the molecule is COc1cc(C2CCN(C(=O)CC[C@@]3(C)CC(=O)NC3=O)CC2)cc(F)c1Cl. The molecule has 0 aliphatic carbocycles. The summed E-state index contributed by atoms with van der Waals surface area (Å²) in [5.41, 5.74) is 0.0159. The van der Waals surface area contributed by atoms with Crippen LogP contribution in [0.2, 0.25) is 5.02 Å². The molecule has 1 aromatic carbocycles. The number of hydrogen-bond donors (Lipinski definition) is 1. The van der Waals surface area contributed by atoms with E-state index >= 15 is 0 Å². The van der Waals surface area contributed by atoms with Crippen LogP contribution >= 0.6 is 11.6 Å². The number of piperidine rings is 1. The van der Waals surface area contributed by atoms with Gasteiger partial charge in [0.2, 0.25) is 17.7 Å². The summed E-state index contributed by atoms with van der Waals surface area (Å²) in [6.45, 7) is 2.85. The molecule has 0 bridgehead atoms. The molecule has 2 aliphatic rings.